The Morgan fingerprint density at radius 3 is 2.44 bits per heavy atom. The molecule has 3 aromatic rings. The van der Waals surface area contributed by atoms with Crippen LogP contribution in [0.15, 0.2) is 60.4 Å². The van der Waals surface area contributed by atoms with Gasteiger partial charge in [-0.1, -0.05) is 24.3 Å². The zero-order valence-corrected chi connectivity index (χ0v) is 21.3. The van der Waals surface area contributed by atoms with Crippen molar-refractivity contribution in [3.63, 3.8) is 0 Å². The molecule has 6 nitrogen and oxygen atoms in total. The number of allylic oxidation sites excluding steroid dienone is 1. The van der Waals surface area contributed by atoms with E-state index in [1.165, 1.54) is 5.69 Å². The number of benzene rings is 3. The van der Waals surface area contributed by atoms with Gasteiger partial charge in [0.15, 0.2) is 5.76 Å². The molecule has 0 saturated heterocycles. The number of Topliss-reactive ketones (excluding diaryl/α,β-unsaturated/α-hetero) is 1. The first-order chi connectivity index (χ1) is 17.5. The monoisotopic (exact) mass is 484 g/mol. The van der Waals surface area contributed by atoms with Crippen LogP contribution in [0.25, 0.3) is 6.08 Å². The molecule has 2 aliphatic heterocycles. The van der Waals surface area contributed by atoms with Gasteiger partial charge in [-0.3, -0.25) is 9.69 Å². The summed E-state index contributed by atoms with van der Waals surface area (Å²) in [6, 6.07) is 18.2. The zero-order chi connectivity index (χ0) is 25.2. The molecule has 2 heterocycles. The van der Waals surface area contributed by atoms with Crippen molar-refractivity contribution in [3.05, 3.63) is 88.2 Å². The van der Waals surface area contributed by atoms with Crippen molar-refractivity contribution < 1.29 is 19.0 Å². The fourth-order valence-corrected chi connectivity index (χ4v) is 4.89. The van der Waals surface area contributed by atoms with E-state index in [0.29, 0.717) is 30.3 Å². The van der Waals surface area contributed by atoms with Gasteiger partial charge in [0.05, 0.1) is 18.2 Å². The van der Waals surface area contributed by atoms with Gasteiger partial charge in [-0.2, -0.15) is 0 Å². The summed E-state index contributed by atoms with van der Waals surface area (Å²) < 4.78 is 17.6. The van der Waals surface area contributed by atoms with E-state index in [0.717, 1.165) is 53.4 Å². The van der Waals surface area contributed by atoms with Crippen LogP contribution in [0.5, 0.6) is 17.2 Å². The summed E-state index contributed by atoms with van der Waals surface area (Å²) in [6.07, 6.45) is 1.83. The van der Waals surface area contributed by atoms with Gasteiger partial charge in [-0.15, -0.1) is 0 Å². The van der Waals surface area contributed by atoms with Crippen molar-refractivity contribution in [2.45, 2.75) is 33.9 Å². The Labute approximate surface area is 212 Å². The topological polar surface area (TPSA) is 51.2 Å². The van der Waals surface area contributed by atoms with Crippen LogP contribution in [-0.4, -0.2) is 37.6 Å². The van der Waals surface area contributed by atoms with Gasteiger partial charge in [-0.25, -0.2) is 0 Å². The number of hydrogen-bond donors (Lipinski definition) is 0. The van der Waals surface area contributed by atoms with Crippen LogP contribution < -0.4 is 19.1 Å². The quantitative estimate of drug-likeness (QED) is 0.394. The van der Waals surface area contributed by atoms with Gasteiger partial charge >= 0.3 is 0 Å². The van der Waals surface area contributed by atoms with Gasteiger partial charge in [0.2, 0.25) is 5.78 Å². The van der Waals surface area contributed by atoms with E-state index in [2.05, 4.69) is 47.9 Å². The smallest absolute Gasteiger partial charge is 0.232 e. The maximum Gasteiger partial charge on any atom is 0.232 e. The molecule has 36 heavy (non-hydrogen) atoms. The number of aryl methyl sites for hydroxylation is 1. The minimum absolute atomic E-state index is 0.0783. The SMILES string of the molecule is CCN(CC)c1ccc(/C=C2\Oc3c4c(cc(C)c3C2=O)OCN(Cc2ccc(OC)cc2)C4)cc1. The van der Waals surface area contributed by atoms with Gasteiger partial charge < -0.3 is 19.1 Å². The third-order valence-electron chi connectivity index (χ3n) is 6.87. The molecule has 0 fully saturated rings. The standard InChI is InChI=1S/C30H32N2O4/c1-5-32(6-2)23-11-7-21(8-12-23)16-27-29(33)28-20(3)15-26-25(30(28)36-27)18-31(19-35-26)17-22-9-13-24(34-4)14-10-22/h7-16H,5-6,17-19H2,1-4H3/b27-16-. The molecule has 0 N–H and O–H groups in total. The third kappa shape index (κ3) is 4.56. The Bertz CT molecular complexity index is 1290. The first-order valence-corrected chi connectivity index (χ1v) is 12.4. The Morgan fingerprint density at radius 1 is 1.06 bits per heavy atom. The van der Waals surface area contributed by atoms with E-state index < -0.39 is 0 Å². The predicted molar refractivity (Wildman–Crippen MR) is 142 cm³/mol. The average Bonchev–Trinajstić information content (AvgIpc) is 3.23. The maximum absolute atomic E-state index is 13.3. The Kier molecular flexibility index (Phi) is 6.70. The van der Waals surface area contributed by atoms with Crippen molar-refractivity contribution in [3.8, 4) is 17.2 Å². The molecule has 0 bridgehead atoms. The van der Waals surface area contributed by atoms with Gasteiger partial charge in [-0.05, 0) is 73.9 Å². The number of ketones is 1. The van der Waals surface area contributed by atoms with Crippen molar-refractivity contribution in [2.75, 3.05) is 31.8 Å². The van der Waals surface area contributed by atoms with E-state index >= 15 is 0 Å². The van der Waals surface area contributed by atoms with Crippen LogP contribution in [-0.2, 0) is 13.1 Å². The first kappa shape index (κ1) is 23.9. The van der Waals surface area contributed by atoms with Crippen molar-refractivity contribution in [1.82, 2.24) is 4.90 Å². The predicted octanol–water partition coefficient (Wildman–Crippen LogP) is 5.82. The molecule has 2 aliphatic rings. The fourth-order valence-electron chi connectivity index (χ4n) is 4.89. The molecule has 0 radical (unpaired) electrons. The second-order valence-electron chi connectivity index (χ2n) is 9.19. The van der Waals surface area contributed by atoms with Crippen LogP contribution in [0.4, 0.5) is 5.69 Å². The molecule has 0 aromatic heterocycles. The second kappa shape index (κ2) is 10.1. The number of carbonyl (C=O) groups excluding carboxylic acids is 1. The molecule has 0 amide bonds. The lowest BCUT2D eigenvalue weighted by atomic mass is 9.98. The van der Waals surface area contributed by atoms with Crippen LogP contribution in [0.2, 0.25) is 0 Å². The second-order valence-corrected chi connectivity index (χ2v) is 9.19. The number of ether oxygens (including phenoxy) is 3. The minimum atomic E-state index is -0.0783. The molecule has 0 aliphatic carbocycles. The van der Waals surface area contributed by atoms with Crippen LogP contribution in [0.3, 0.4) is 0 Å². The summed E-state index contributed by atoms with van der Waals surface area (Å²) in [7, 11) is 1.67. The number of methoxy groups -OCH3 is 1. The number of fused-ring (bicyclic) bond motifs is 3. The number of rotatable bonds is 7. The number of hydrogen-bond acceptors (Lipinski definition) is 6. The van der Waals surface area contributed by atoms with E-state index in [4.69, 9.17) is 14.2 Å². The highest BCUT2D eigenvalue weighted by atomic mass is 16.5. The van der Waals surface area contributed by atoms with Gasteiger partial charge in [0.25, 0.3) is 0 Å². The lowest BCUT2D eigenvalue weighted by Crippen LogP contribution is -2.31. The van der Waals surface area contributed by atoms with E-state index in [1.54, 1.807) is 7.11 Å². The molecular weight excluding hydrogens is 452 g/mol. The highest BCUT2D eigenvalue weighted by Gasteiger charge is 2.35. The Hall–Kier alpha value is -3.77. The minimum Gasteiger partial charge on any atom is -0.497 e. The number of anilines is 1. The van der Waals surface area contributed by atoms with Crippen molar-refractivity contribution >= 4 is 17.5 Å². The van der Waals surface area contributed by atoms with E-state index in [1.807, 2.05) is 43.3 Å². The summed E-state index contributed by atoms with van der Waals surface area (Å²) in [5.41, 5.74) is 5.70. The largest absolute Gasteiger partial charge is 0.497 e. The summed E-state index contributed by atoms with van der Waals surface area (Å²) in [5.74, 6) is 2.52. The molecule has 6 heteroatoms. The Morgan fingerprint density at radius 2 is 1.78 bits per heavy atom. The molecule has 0 spiro atoms. The van der Waals surface area contributed by atoms with Crippen LogP contribution in [0.1, 0.15) is 46.5 Å². The number of carbonyl (C=O) groups is 1. The fraction of sp³-hybridized carbons (Fsp3) is 0.300. The lowest BCUT2D eigenvalue weighted by Gasteiger charge is -2.30. The maximum atomic E-state index is 13.3. The van der Waals surface area contributed by atoms with Crippen molar-refractivity contribution in [1.29, 1.82) is 0 Å². The summed E-state index contributed by atoms with van der Waals surface area (Å²) in [6.45, 7) is 9.98. The third-order valence-corrected chi connectivity index (χ3v) is 6.87. The normalized spacial score (nSPS) is 15.8. The van der Waals surface area contributed by atoms with Crippen LogP contribution in [0, 0.1) is 6.92 Å². The molecule has 0 unspecified atom stereocenters. The highest BCUT2D eigenvalue weighted by molar-refractivity contribution is 6.15. The zero-order valence-electron chi connectivity index (χ0n) is 21.3. The molecule has 0 atom stereocenters. The summed E-state index contributed by atoms with van der Waals surface area (Å²) in [5, 5.41) is 0. The molecule has 0 saturated carbocycles. The highest BCUT2D eigenvalue weighted by Crippen LogP contribution is 2.44. The molecule has 3 aromatic carbocycles. The first-order valence-electron chi connectivity index (χ1n) is 12.4. The molecular formula is C30H32N2O4. The van der Waals surface area contributed by atoms with Crippen molar-refractivity contribution in [2.24, 2.45) is 0 Å². The molecule has 5 rings (SSSR count). The summed E-state index contributed by atoms with van der Waals surface area (Å²) in [4.78, 5) is 17.8. The van der Waals surface area contributed by atoms with Gasteiger partial charge in [0, 0.05) is 31.9 Å². The lowest BCUT2D eigenvalue weighted by molar-refractivity contribution is 0.0872. The van der Waals surface area contributed by atoms with Crippen LogP contribution >= 0.6 is 0 Å². The molecule has 186 valence electrons. The number of nitrogens with zero attached hydrogens (tertiary/aromatic N) is 2. The van der Waals surface area contributed by atoms with E-state index in [9.17, 15) is 4.79 Å². The average molecular weight is 485 g/mol. The van der Waals surface area contributed by atoms with E-state index in [-0.39, 0.29) is 5.78 Å². The Balaban J connectivity index is 1.38. The summed E-state index contributed by atoms with van der Waals surface area (Å²) >= 11 is 0. The van der Waals surface area contributed by atoms with Gasteiger partial charge in [0.1, 0.15) is 24.0 Å².